The summed E-state index contributed by atoms with van der Waals surface area (Å²) >= 11 is 0. The lowest BCUT2D eigenvalue weighted by molar-refractivity contribution is 0.0526. The summed E-state index contributed by atoms with van der Waals surface area (Å²) in [5.41, 5.74) is 8.32. The number of hydrogen-bond donors (Lipinski definition) is 0. The van der Waals surface area contributed by atoms with E-state index in [1.165, 1.54) is 27.8 Å². The van der Waals surface area contributed by atoms with Crippen LogP contribution in [-0.2, 0) is 10.2 Å². The van der Waals surface area contributed by atoms with Crippen LogP contribution in [0.4, 0.5) is 11.4 Å². The molecule has 0 spiro atoms. The van der Waals surface area contributed by atoms with Gasteiger partial charge in [0.05, 0.1) is 23.5 Å². The van der Waals surface area contributed by atoms with E-state index in [1.807, 2.05) is 6.07 Å². The fourth-order valence-corrected chi connectivity index (χ4v) is 3.99. The van der Waals surface area contributed by atoms with Crippen molar-refractivity contribution in [2.24, 2.45) is 10.2 Å². The molecular weight excluding hydrogens is 396 g/mol. The molecule has 3 aromatic carbocycles. The van der Waals surface area contributed by atoms with Crippen molar-refractivity contribution < 1.29 is 9.53 Å². The van der Waals surface area contributed by atoms with E-state index in [4.69, 9.17) is 4.74 Å². The van der Waals surface area contributed by atoms with Crippen molar-refractivity contribution in [2.75, 3.05) is 6.61 Å². The summed E-state index contributed by atoms with van der Waals surface area (Å²) in [4.78, 5) is 11.8. The summed E-state index contributed by atoms with van der Waals surface area (Å²) in [7, 11) is 0. The first-order valence-corrected chi connectivity index (χ1v) is 11.0. The Morgan fingerprint density at radius 3 is 2.28 bits per heavy atom. The molecule has 0 fully saturated rings. The van der Waals surface area contributed by atoms with Gasteiger partial charge in [-0.1, -0.05) is 55.8 Å². The predicted octanol–water partition coefficient (Wildman–Crippen LogP) is 7.70. The minimum Gasteiger partial charge on any atom is -0.462 e. The Morgan fingerprint density at radius 2 is 1.59 bits per heavy atom. The molecule has 0 atom stereocenters. The van der Waals surface area contributed by atoms with Crippen molar-refractivity contribution in [2.45, 2.75) is 39.5 Å². The molecule has 162 valence electrons. The van der Waals surface area contributed by atoms with Crippen molar-refractivity contribution in [1.29, 1.82) is 0 Å². The Kier molecular flexibility index (Phi) is 6.04. The van der Waals surface area contributed by atoms with E-state index in [9.17, 15) is 4.79 Å². The number of hydrogen-bond acceptors (Lipinski definition) is 4. The summed E-state index contributed by atoms with van der Waals surface area (Å²) in [5, 5.41) is 8.84. The van der Waals surface area contributed by atoms with Crippen molar-refractivity contribution in [1.82, 2.24) is 0 Å². The van der Waals surface area contributed by atoms with Crippen LogP contribution < -0.4 is 0 Å². The lowest BCUT2D eigenvalue weighted by Gasteiger charge is -2.32. The average molecular weight is 425 g/mol. The summed E-state index contributed by atoms with van der Waals surface area (Å²) in [6.45, 7) is 8.81. The summed E-state index contributed by atoms with van der Waals surface area (Å²) in [6, 6.07) is 22.0. The highest BCUT2D eigenvalue weighted by molar-refractivity contribution is 5.89. The molecule has 4 nitrogen and oxygen atoms in total. The van der Waals surface area contributed by atoms with E-state index in [2.05, 4.69) is 73.5 Å². The molecule has 0 saturated heterocycles. The SMILES string of the molecule is CCOC(=O)c1ccc(/N=N/c2ccc3c(c2)C(c2ccc(C)cc2)=CCC3(C)C)cc1. The number of aryl methyl sites for hydroxylation is 1. The standard InChI is InChI=1S/C28H28N2O2/c1-5-32-27(31)21-10-12-22(13-11-21)29-30-23-14-15-26-25(18-23)24(16-17-28(26,3)4)20-8-6-19(2)7-9-20/h6-16,18H,5,17H2,1-4H3/b30-29+. The molecule has 0 unspecified atom stereocenters. The highest BCUT2D eigenvalue weighted by atomic mass is 16.5. The van der Waals surface area contributed by atoms with Crippen LogP contribution in [0.5, 0.6) is 0 Å². The van der Waals surface area contributed by atoms with E-state index in [0.29, 0.717) is 17.9 Å². The molecule has 4 heteroatoms. The van der Waals surface area contributed by atoms with Gasteiger partial charge >= 0.3 is 5.97 Å². The number of carbonyl (C=O) groups is 1. The maximum Gasteiger partial charge on any atom is 0.338 e. The van der Waals surface area contributed by atoms with E-state index in [-0.39, 0.29) is 11.4 Å². The quantitative estimate of drug-likeness (QED) is 0.311. The van der Waals surface area contributed by atoms with Crippen LogP contribution >= 0.6 is 0 Å². The van der Waals surface area contributed by atoms with E-state index in [0.717, 1.165) is 12.1 Å². The fourth-order valence-electron chi connectivity index (χ4n) is 3.99. The number of nitrogens with zero attached hydrogens (tertiary/aromatic N) is 2. The lowest BCUT2D eigenvalue weighted by atomic mass is 9.72. The zero-order chi connectivity index (χ0) is 22.7. The van der Waals surface area contributed by atoms with Crippen LogP contribution in [0.1, 0.15) is 59.8 Å². The highest BCUT2D eigenvalue weighted by Crippen LogP contribution is 2.42. The van der Waals surface area contributed by atoms with Gasteiger partial charge in [-0.15, -0.1) is 0 Å². The molecular formula is C28H28N2O2. The molecule has 0 saturated carbocycles. The number of fused-ring (bicyclic) bond motifs is 1. The number of benzene rings is 3. The third-order valence-electron chi connectivity index (χ3n) is 5.86. The molecule has 0 N–H and O–H groups in total. The number of rotatable bonds is 5. The maximum absolute atomic E-state index is 11.8. The second-order valence-corrected chi connectivity index (χ2v) is 8.77. The number of azo groups is 1. The molecule has 0 aromatic heterocycles. The Balaban J connectivity index is 1.63. The van der Waals surface area contributed by atoms with Crippen LogP contribution in [0.25, 0.3) is 5.57 Å². The van der Waals surface area contributed by atoms with Crippen molar-refractivity contribution in [3.8, 4) is 0 Å². The van der Waals surface area contributed by atoms with E-state index in [1.54, 1.807) is 31.2 Å². The molecule has 0 heterocycles. The normalized spacial score (nSPS) is 14.7. The molecule has 0 amide bonds. The predicted molar refractivity (Wildman–Crippen MR) is 129 cm³/mol. The second kappa shape index (κ2) is 8.91. The van der Waals surface area contributed by atoms with Gasteiger partial charge in [0.15, 0.2) is 0 Å². The molecule has 1 aliphatic carbocycles. The Bertz CT molecular complexity index is 1190. The van der Waals surface area contributed by atoms with Crippen molar-refractivity contribution >= 4 is 22.9 Å². The molecule has 3 aromatic rings. The number of ether oxygens (including phenoxy) is 1. The van der Waals surface area contributed by atoms with Gasteiger partial charge in [-0.05, 0) is 84.3 Å². The van der Waals surface area contributed by atoms with Crippen LogP contribution in [-0.4, -0.2) is 12.6 Å². The summed E-state index contributed by atoms with van der Waals surface area (Å²) < 4.78 is 5.02. The van der Waals surface area contributed by atoms with Gasteiger partial charge in [0.2, 0.25) is 0 Å². The lowest BCUT2D eigenvalue weighted by Crippen LogP contribution is -2.21. The smallest absolute Gasteiger partial charge is 0.338 e. The topological polar surface area (TPSA) is 51.0 Å². The third-order valence-corrected chi connectivity index (χ3v) is 5.86. The first kappa shape index (κ1) is 21.7. The van der Waals surface area contributed by atoms with Crippen LogP contribution in [0.3, 0.4) is 0 Å². The van der Waals surface area contributed by atoms with Gasteiger partial charge in [0.1, 0.15) is 0 Å². The van der Waals surface area contributed by atoms with E-state index >= 15 is 0 Å². The maximum atomic E-state index is 11.8. The summed E-state index contributed by atoms with van der Waals surface area (Å²) in [5.74, 6) is -0.330. The van der Waals surface area contributed by atoms with Crippen molar-refractivity contribution in [3.63, 3.8) is 0 Å². The monoisotopic (exact) mass is 424 g/mol. The van der Waals surface area contributed by atoms with Gasteiger partial charge in [-0.25, -0.2) is 4.79 Å². The average Bonchev–Trinajstić information content (AvgIpc) is 2.79. The third kappa shape index (κ3) is 4.54. The number of carbonyl (C=O) groups excluding carboxylic acids is 1. The molecule has 32 heavy (non-hydrogen) atoms. The number of esters is 1. The minimum atomic E-state index is -0.330. The molecule has 4 rings (SSSR count). The largest absolute Gasteiger partial charge is 0.462 e. The Hall–Kier alpha value is -3.53. The van der Waals surface area contributed by atoms with Gasteiger partial charge in [0, 0.05) is 0 Å². The molecule has 0 bridgehead atoms. The highest BCUT2D eigenvalue weighted by Gasteiger charge is 2.28. The van der Waals surface area contributed by atoms with Crippen molar-refractivity contribution in [3.05, 3.63) is 101 Å². The molecule has 0 radical (unpaired) electrons. The summed E-state index contributed by atoms with van der Waals surface area (Å²) in [6.07, 6.45) is 3.33. The first-order chi connectivity index (χ1) is 15.4. The zero-order valence-corrected chi connectivity index (χ0v) is 19.1. The fraction of sp³-hybridized carbons (Fsp3) is 0.250. The Labute approximate surface area is 189 Å². The van der Waals surface area contributed by atoms with Crippen LogP contribution in [0.2, 0.25) is 0 Å². The van der Waals surface area contributed by atoms with E-state index < -0.39 is 0 Å². The Morgan fingerprint density at radius 1 is 0.938 bits per heavy atom. The molecule has 1 aliphatic rings. The minimum absolute atomic E-state index is 0.0716. The van der Waals surface area contributed by atoms with Gasteiger partial charge in [-0.2, -0.15) is 10.2 Å². The van der Waals surface area contributed by atoms with Gasteiger partial charge in [-0.3, -0.25) is 0 Å². The zero-order valence-electron chi connectivity index (χ0n) is 19.1. The van der Waals surface area contributed by atoms with Gasteiger partial charge < -0.3 is 4.74 Å². The first-order valence-electron chi connectivity index (χ1n) is 11.0. The second-order valence-electron chi connectivity index (χ2n) is 8.77. The van der Waals surface area contributed by atoms with Crippen LogP contribution in [0, 0.1) is 6.92 Å². The van der Waals surface area contributed by atoms with Gasteiger partial charge in [0.25, 0.3) is 0 Å². The molecule has 0 aliphatic heterocycles. The van der Waals surface area contributed by atoms with Crippen LogP contribution in [0.15, 0.2) is 83.0 Å². The number of allylic oxidation sites excluding steroid dienone is 1.